The van der Waals surface area contributed by atoms with E-state index in [1.165, 1.54) is 0 Å². The Balaban J connectivity index is 1.69. The summed E-state index contributed by atoms with van der Waals surface area (Å²) in [6.45, 7) is 0.343. The van der Waals surface area contributed by atoms with Crippen molar-refractivity contribution in [2.45, 2.75) is 31.8 Å². The molecule has 0 atom stereocenters. The fourth-order valence-corrected chi connectivity index (χ4v) is 3.79. The number of benzene rings is 1. The van der Waals surface area contributed by atoms with E-state index in [2.05, 4.69) is 21.8 Å². The predicted molar refractivity (Wildman–Crippen MR) is 112 cm³/mol. The molecular formula is C23H20N4O2. The zero-order valence-electron chi connectivity index (χ0n) is 15.9. The molecule has 0 bridgehead atoms. The third-order valence-electron chi connectivity index (χ3n) is 5.31. The van der Waals surface area contributed by atoms with Gasteiger partial charge in [-0.05, 0) is 18.9 Å². The van der Waals surface area contributed by atoms with Crippen molar-refractivity contribution in [1.82, 2.24) is 19.1 Å². The van der Waals surface area contributed by atoms with Crippen molar-refractivity contribution in [3.8, 4) is 11.8 Å². The summed E-state index contributed by atoms with van der Waals surface area (Å²) in [5, 5.41) is 11.1. The Hall–Kier alpha value is -3.43. The summed E-state index contributed by atoms with van der Waals surface area (Å²) in [5.74, 6) is 6.19. The molecule has 5 rings (SSSR count). The Bertz CT molecular complexity index is 1340. The highest BCUT2D eigenvalue weighted by molar-refractivity contribution is 5.88. The molecule has 1 aromatic carbocycles. The van der Waals surface area contributed by atoms with Gasteiger partial charge in [0.25, 0.3) is 0 Å². The first-order valence-electron chi connectivity index (χ1n) is 9.79. The molecule has 0 amide bonds. The first-order valence-corrected chi connectivity index (χ1v) is 9.79. The number of aromatic nitrogens is 4. The first-order chi connectivity index (χ1) is 14.3. The van der Waals surface area contributed by atoms with Gasteiger partial charge < -0.3 is 5.11 Å². The molecule has 1 fully saturated rings. The quantitative estimate of drug-likeness (QED) is 0.549. The van der Waals surface area contributed by atoms with Crippen LogP contribution >= 0.6 is 0 Å². The summed E-state index contributed by atoms with van der Waals surface area (Å²) < 4.78 is 3.63. The minimum absolute atomic E-state index is 0.0144. The molecular weight excluding hydrogens is 364 g/mol. The van der Waals surface area contributed by atoms with Crippen LogP contribution in [0.3, 0.4) is 0 Å². The zero-order chi connectivity index (χ0) is 19.8. The third-order valence-corrected chi connectivity index (χ3v) is 5.31. The number of aliphatic hydroxyl groups is 1. The van der Waals surface area contributed by atoms with Crippen molar-refractivity contribution >= 4 is 21.8 Å². The number of pyridine rings is 2. The molecule has 0 saturated heterocycles. The minimum atomic E-state index is -0.0280. The molecule has 144 valence electrons. The SMILES string of the molecule is O=c1n(Cc2ncc3ccccc3c2C#CCCO)c2cnccc2n1C1CC1. The topological polar surface area (TPSA) is 72.9 Å². The lowest BCUT2D eigenvalue weighted by Crippen LogP contribution is -2.24. The molecule has 1 N–H and O–H groups in total. The number of rotatable bonds is 4. The second kappa shape index (κ2) is 7.19. The summed E-state index contributed by atoms with van der Waals surface area (Å²) >= 11 is 0. The van der Waals surface area contributed by atoms with Crippen molar-refractivity contribution in [2.75, 3.05) is 6.61 Å². The van der Waals surface area contributed by atoms with Crippen molar-refractivity contribution < 1.29 is 5.11 Å². The number of hydrogen-bond donors (Lipinski definition) is 1. The maximum absolute atomic E-state index is 13.2. The number of nitrogens with zero attached hydrogens (tertiary/aromatic N) is 4. The lowest BCUT2D eigenvalue weighted by molar-refractivity contribution is 0.305. The van der Waals surface area contributed by atoms with Crippen LogP contribution in [0.4, 0.5) is 0 Å². The van der Waals surface area contributed by atoms with Crippen molar-refractivity contribution in [3.05, 3.63) is 70.7 Å². The standard InChI is InChI=1S/C23H20N4O2/c28-12-4-3-7-19-18-6-2-1-5-16(18)13-25-20(19)15-26-22-14-24-11-10-21(22)27(23(26)29)17-8-9-17/h1-2,5-6,10-11,13-14,17,28H,4,8-9,12,15H2. The van der Waals surface area contributed by atoms with Gasteiger partial charge >= 0.3 is 5.69 Å². The molecule has 29 heavy (non-hydrogen) atoms. The monoisotopic (exact) mass is 384 g/mol. The fourth-order valence-electron chi connectivity index (χ4n) is 3.79. The minimum Gasteiger partial charge on any atom is -0.395 e. The number of aliphatic hydroxyl groups excluding tert-OH is 1. The van der Waals surface area contributed by atoms with Crippen molar-refractivity contribution in [1.29, 1.82) is 0 Å². The van der Waals surface area contributed by atoms with E-state index < -0.39 is 0 Å². The average molecular weight is 384 g/mol. The first kappa shape index (κ1) is 17.7. The molecule has 0 radical (unpaired) electrons. The Kier molecular flexibility index (Phi) is 4.38. The fraction of sp³-hybridized carbons (Fsp3) is 0.261. The highest BCUT2D eigenvalue weighted by Crippen LogP contribution is 2.36. The van der Waals surface area contributed by atoms with Crippen LogP contribution in [-0.2, 0) is 6.54 Å². The lowest BCUT2D eigenvalue weighted by Gasteiger charge is -2.09. The predicted octanol–water partition coefficient (Wildman–Crippen LogP) is 2.86. The molecule has 4 aromatic rings. The summed E-state index contributed by atoms with van der Waals surface area (Å²) in [4.78, 5) is 22.1. The Labute approximate surface area is 167 Å². The largest absolute Gasteiger partial charge is 0.395 e. The summed E-state index contributed by atoms with van der Waals surface area (Å²) in [6.07, 6.45) is 7.76. The van der Waals surface area contributed by atoms with Gasteiger partial charge in [0.15, 0.2) is 0 Å². The van der Waals surface area contributed by atoms with Crippen LogP contribution < -0.4 is 5.69 Å². The van der Waals surface area contributed by atoms with E-state index in [9.17, 15) is 4.79 Å². The average Bonchev–Trinajstić information content (AvgIpc) is 3.54. The second-order valence-corrected chi connectivity index (χ2v) is 7.28. The van der Waals surface area contributed by atoms with Crippen molar-refractivity contribution in [2.24, 2.45) is 0 Å². The van der Waals surface area contributed by atoms with Crippen LogP contribution in [0.2, 0.25) is 0 Å². The van der Waals surface area contributed by atoms with E-state index in [0.717, 1.165) is 45.9 Å². The van der Waals surface area contributed by atoms with Crippen LogP contribution in [0.1, 0.15) is 36.6 Å². The second-order valence-electron chi connectivity index (χ2n) is 7.28. The number of fused-ring (bicyclic) bond motifs is 2. The molecule has 0 aliphatic heterocycles. The van der Waals surface area contributed by atoms with E-state index in [4.69, 9.17) is 5.11 Å². The highest BCUT2D eigenvalue weighted by Gasteiger charge is 2.29. The molecule has 0 unspecified atom stereocenters. The number of hydrogen-bond acceptors (Lipinski definition) is 4. The lowest BCUT2D eigenvalue weighted by atomic mass is 10.0. The van der Waals surface area contributed by atoms with Gasteiger partial charge in [-0.1, -0.05) is 36.1 Å². The third kappa shape index (κ3) is 3.10. The van der Waals surface area contributed by atoms with E-state index in [-0.39, 0.29) is 18.3 Å². The molecule has 3 aromatic heterocycles. The van der Waals surface area contributed by atoms with Gasteiger partial charge in [-0.3, -0.25) is 19.1 Å². The summed E-state index contributed by atoms with van der Waals surface area (Å²) in [5.41, 5.74) is 3.25. The van der Waals surface area contributed by atoms with Gasteiger partial charge in [-0.15, -0.1) is 0 Å². The summed E-state index contributed by atoms with van der Waals surface area (Å²) in [6, 6.07) is 10.1. The van der Waals surface area contributed by atoms with Gasteiger partial charge in [-0.25, -0.2) is 4.79 Å². The zero-order valence-corrected chi connectivity index (χ0v) is 15.9. The smallest absolute Gasteiger partial charge is 0.329 e. The van der Waals surface area contributed by atoms with E-state index in [1.807, 2.05) is 41.1 Å². The normalized spacial score (nSPS) is 13.6. The van der Waals surface area contributed by atoms with Crippen molar-refractivity contribution in [3.63, 3.8) is 0 Å². The van der Waals surface area contributed by atoms with Gasteiger partial charge in [0.1, 0.15) is 0 Å². The molecule has 6 heteroatoms. The number of imidazole rings is 1. The van der Waals surface area contributed by atoms with E-state index in [1.54, 1.807) is 17.0 Å². The molecule has 1 aliphatic rings. The summed E-state index contributed by atoms with van der Waals surface area (Å²) in [7, 11) is 0. The Morgan fingerprint density at radius 3 is 2.83 bits per heavy atom. The van der Waals surface area contributed by atoms with E-state index >= 15 is 0 Å². The molecule has 1 saturated carbocycles. The molecule has 6 nitrogen and oxygen atoms in total. The van der Waals surface area contributed by atoms with Crippen LogP contribution in [-0.4, -0.2) is 30.8 Å². The molecule has 1 aliphatic carbocycles. The molecule has 3 heterocycles. The van der Waals surface area contributed by atoms with Crippen LogP contribution in [0, 0.1) is 11.8 Å². The van der Waals surface area contributed by atoms with Crippen LogP contribution in [0.25, 0.3) is 21.8 Å². The maximum Gasteiger partial charge on any atom is 0.329 e. The van der Waals surface area contributed by atoms with E-state index in [0.29, 0.717) is 13.0 Å². The van der Waals surface area contributed by atoms with Gasteiger partial charge in [-0.2, -0.15) is 0 Å². The molecule has 0 spiro atoms. The van der Waals surface area contributed by atoms with Gasteiger partial charge in [0.05, 0.1) is 41.6 Å². The Morgan fingerprint density at radius 1 is 1.14 bits per heavy atom. The van der Waals surface area contributed by atoms with Gasteiger partial charge in [0.2, 0.25) is 0 Å². The maximum atomic E-state index is 13.2. The van der Waals surface area contributed by atoms with Gasteiger partial charge in [0, 0.05) is 35.6 Å². The highest BCUT2D eigenvalue weighted by atomic mass is 16.2. The van der Waals surface area contributed by atoms with Crippen LogP contribution in [0.15, 0.2) is 53.7 Å². The Morgan fingerprint density at radius 2 is 2.00 bits per heavy atom. The van der Waals surface area contributed by atoms with Crippen LogP contribution in [0.5, 0.6) is 0 Å².